The van der Waals surface area contributed by atoms with Crippen LogP contribution < -0.4 is 5.32 Å². The first kappa shape index (κ1) is 12.3. The van der Waals surface area contributed by atoms with Gasteiger partial charge in [0.05, 0.1) is 6.10 Å². The average Bonchev–Trinajstić information content (AvgIpc) is 2.96. The maximum Gasteiger partial charge on any atom is 0.169 e. The minimum atomic E-state index is 0.409. The Morgan fingerprint density at radius 1 is 1.75 bits per heavy atom. The Morgan fingerprint density at radius 3 is 3.38 bits per heavy atom. The Balaban J connectivity index is 1.57. The molecule has 0 aromatic carbocycles. The van der Waals surface area contributed by atoms with Crippen LogP contribution in [0.15, 0.2) is 10.7 Å². The maximum atomic E-state index is 5.63. The van der Waals surface area contributed by atoms with Crippen LogP contribution >= 0.6 is 23.3 Å². The number of nitrogens with one attached hydrogen (secondary N) is 1. The largest absolute Gasteiger partial charge is 0.377 e. The lowest BCUT2D eigenvalue weighted by Gasteiger charge is -2.19. The molecule has 0 spiro atoms. The first-order valence-electron chi connectivity index (χ1n) is 5.61. The molecule has 16 heavy (non-hydrogen) atoms. The summed E-state index contributed by atoms with van der Waals surface area (Å²) in [5.74, 6) is 1.03. The van der Waals surface area contributed by atoms with Crippen LogP contribution in [0.5, 0.6) is 0 Å². The Labute approximate surface area is 104 Å². The van der Waals surface area contributed by atoms with Crippen LogP contribution in [0.3, 0.4) is 0 Å². The second kappa shape index (κ2) is 6.54. The molecule has 0 radical (unpaired) electrons. The summed E-state index contributed by atoms with van der Waals surface area (Å²) in [6.07, 6.45) is 4.41. The predicted octanol–water partition coefficient (Wildman–Crippen LogP) is 1.79. The highest BCUT2D eigenvalue weighted by Gasteiger charge is 2.21. The van der Waals surface area contributed by atoms with Crippen molar-refractivity contribution >= 4 is 23.3 Å². The highest BCUT2D eigenvalue weighted by atomic mass is 32.2. The van der Waals surface area contributed by atoms with E-state index < -0.39 is 0 Å². The number of thioether (sulfide) groups is 1. The van der Waals surface area contributed by atoms with Gasteiger partial charge in [-0.3, -0.25) is 0 Å². The molecule has 1 aliphatic rings. The highest BCUT2D eigenvalue weighted by molar-refractivity contribution is 8.00. The van der Waals surface area contributed by atoms with Gasteiger partial charge < -0.3 is 10.1 Å². The molecule has 1 fully saturated rings. The topological polar surface area (TPSA) is 47.0 Å². The van der Waals surface area contributed by atoms with Gasteiger partial charge in [-0.05, 0) is 31.3 Å². The van der Waals surface area contributed by atoms with Crippen molar-refractivity contribution in [1.29, 1.82) is 0 Å². The van der Waals surface area contributed by atoms with Crippen LogP contribution in [0.2, 0.25) is 0 Å². The van der Waals surface area contributed by atoms with E-state index in [1.807, 2.05) is 0 Å². The van der Waals surface area contributed by atoms with Crippen molar-refractivity contribution in [1.82, 2.24) is 14.7 Å². The van der Waals surface area contributed by atoms with Crippen LogP contribution in [0.1, 0.15) is 19.8 Å². The molecule has 1 aromatic heterocycles. The second-order valence-corrected chi connectivity index (χ2v) is 5.97. The monoisotopic (exact) mass is 259 g/mol. The lowest BCUT2D eigenvalue weighted by molar-refractivity contribution is 0.0844. The van der Waals surface area contributed by atoms with Gasteiger partial charge in [-0.1, -0.05) is 11.8 Å². The van der Waals surface area contributed by atoms with Crippen LogP contribution in [-0.4, -0.2) is 40.4 Å². The van der Waals surface area contributed by atoms with Gasteiger partial charge in [-0.25, -0.2) is 4.98 Å². The third kappa shape index (κ3) is 3.69. The molecule has 2 heterocycles. The van der Waals surface area contributed by atoms with E-state index in [4.69, 9.17) is 4.74 Å². The molecule has 2 unspecified atom stereocenters. The van der Waals surface area contributed by atoms with Crippen molar-refractivity contribution in [3.8, 4) is 0 Å². The fraction of sp³-hybridized carbons (Fsp3) is 0.800. The Morgan fingerprint density at radius 2 is 2.69 bits per heavy atom. The van der Waals surface area contributed by atoms with E-state index in [1.165, 1.54) is 24.4 Å². The highest BCUT2D eigenvalue weighted by Crippen LogP contribution is 2.18. The summed E-state index contributed by atoms with van der Waals surface area (Å²) < 4.78 is 10.6. The van der Waals surface area contributed by atoms with E-state index in [0.29, 0.717) is 12.1 Å². The van der Waals surface area contributed by atoms with Gasteiger partial charge in [-0.2, -0.15) is 4.37 Å². The number of aromatic nitrogens is 2. The minimum absolute atomic E-state index is 0.409. The fourth-order valence-electron chi connectivity index (χ4n) is 1.78. The van der Waals surface area contributed by atoms with Crippen LogP contribution in [-0.2, 0) is 4.74 Å². The number of hydrogen-bond acceptors (Lipinski definition) is 6. The van der Waals surface area contributed by atoms with Crippen molar-refractivity contribution in [2.24, 2.45) is 0 Å². The maximum absolute atomic E-state index is 5.63. The summed E-state index contributed by atoms with van der Waals surface area (Å²) >= 11 is 3.21. The van der Waals surface area contributed by atoms with Gasteiger partial charge in [0.15, 0.2) is 4.34 Å². The van der Waals surface area contributed by atoms with Gasteiger partial charge in [0.2, 0.25) is 0 Å². The van der Waals surface area contributed by atoms with Crippen molar-refractivity contribution in [3.63, 3.8) is 0 Å². The molecule has 90 valence electrons. The zero-order valence-electron chi connectivity index (χ0n) is 9.39. The lowest BCUT2D eigenvalue weighted by atomic mass is 10.1. The molecule has 0 bridgehead atoms. The predicted molar refractivity (Wildman–Crippen MR) is 67.1 cm³/mol. The smallest absolute Gasteiger partial charge is 0.169 e. The lowest BCUT2D eigenvalue weighted by Crippen LogP contribution is -2.38. The summed E-state index contributed by atoms with van der Waals surface area (Å²) in [6.45, 7) is 4.12. The third-order valence-corrected chi connectivity index (χ3v) is 4.46. The summed E-state index contributed by atoms with van der Waals surface area (Å²) in [4.78, 5) is 4.13. The number of ether oxygens (including phenoxy) is 1. The minimum Gasteiger partial charge on any atom is -0.377 e. The van der Waals surface area contributed by atoms with Crippen molar-refractivity contribution in [2.45, 2.75) is 36.3 Å². The molecular formula is C10H17N3OS2. The summed E-state index contributed by atoms with van der Waals surface area (Å²) in [6, 6.07) is 0.456. The Kier molecular flexibility index (Phi) is 5.02. The zero-order chi connectivity index (χ0) is 11.2. The van der Waals surface area contributed by atoms with E-state index in [1.54, 1.807) is 18.1 Å². The number of rotatable bonds is 6. The van der Waals surface area contributed by atoms with Crippen molar-refractivity contribution in [3.05, 3.63) is 6.33 Å². The number of nitrogens with zero attached hydrogens (tertiary/aromatic N) is 2. The van der Waals surface area contributed by atoms with Crippen LogP contribution in [0, 0.1) is 0 Å². The van der Waals surface area contributed by atoms with Gasteiger partial charge in [0, 0.05) is 24.9 Å². The molecule has 1 aliphatic heterocycles. The molecule has 1 N–H and O–H groups in total. The molecule has 4 nitrogen and oxygen atoms in total. The van der Waals surface area contributed by atoms with E-state index in [-0.39, 0.29) is 0 Å². The fourth-order valence-corrected chi connectivity index (χ4v) is 3.16. The normalized spacial score (nSPS) is 22.4. The molecular weight excluding hydrogens is 242 g/mol. The Hall–Kier alpha value is -0.170. The van der Waals surface area contributed by atoms with E-state index in [9.17, 15) is 0 Å². The quantitative estimate of drug-likeness (QED) is 0.623. The van der Waals surface area contributed by atoms with Gasteiger partial charge in [-0.15, -0.1) is 0 Å². The summed E-state index contributed by atoms with van der Waals surface area (Å²) in [5, 5.41) is 3.50. The second-order valence-electron chi connectivity index (χ2n) is 3.85. The molecule has 0 amide bonds. The molecule has 6 heteroatoms. The first-order valence-corrected chi connectivity index (χ1v) is 7.36. The summed E-state index contributed by atoms with van der Waals surface area (Å²) in [7, 11) is 0. The number of hydrogen-bond donors (Lipinski definition) is 1. The van der Waals surface area contributed by atoms with Gasteiger partial charge in [0.1, 0.15) is 6.33 Å². The third-order valence-electron chi connectivity index (χ3n) is 2.66. The molecule has 1 saturated heterocycles. The van der Waals surface area contributed by atoms with E-state index in [2.05, 4.69) is 21.6 Å². The molecule has 0 aliphatic carbocycles. The van der Waals surface area contributed by atoms with Crippen LogP contribution in [0.4, 0.5) is 0 Å². The molecule has 2 rings (SSSR count). The molecule has 2 atom stereocenters. The van der Waals surface area contributed by atoms with Crippen LogP contribution in [0.25, 0.3) is 0 Å². The SMILES string of the molecule is CC(NCCSc1ncns1)C1CCCO1. The van der Waals surface area contributed by atoms with E-state index >= 15 is 0 Å². The molecule has 1 aromatic rings. The average molecular weight is 259 g/mol. The van der Waals surface area contributed by atoms with Gasteiger partial charge >= 0.3 is 0 Å². The zero-order valence-corrected chi connectivity index (χ0v) is 11.0. The van der Waals surface area contributed by atoms with Crippen molar-refractivity contribution in [2.75, 3.05) is 18.9 Å². The first-order chi connectivity index (χ1) is 7.86. The van der Waals surface area contributed by atoms with Crippen molar-refractivity contribution < 1.29 is 4.74 Å². The molecule has 0 saturated carbocycles. The Bertz CT molecular complexity index is 288. The summed E-state index contributed by atoms with van der Waals surface area (Å²) in [5.41, 5.74) is 0. The standard InChI is InChI=1S/C10H17N3OS2/c1-8(9-3-2-5-14-9)11-4-6-15-10-12-7-13-16-10/h7-9,11H,2-6H2,1H3. The van der Waals surface area contributed by atoms with Gasteiger partial charge in [0.25, 0.3) is 0 Å². The van der Waals surface area contributed by atoms with E-state index in [0.717, 1.165) is 23.2 Å².